The molecular formula is C36H34ClN3O4S. The Morgan fingerprint density at radius 2 is 1.76 bits per heavy atom. The number of para-hydroxylation sites is 1. The van der Waals surface area contributed by atoms with E-state index in [0.717, 1.165) is 33.3 Å². The van der Waals surface area contributed by atoms with Crippen LogP contribution in [0.25, 0.3) is 17.0 Å². The van der Waals surface area contributed by atoms with Crippen molar-refractivity contribution in [3.05, 3.63) is 131 Å². The normalized spacial score (nSPS) is 15.0. The van der Waals surface area contributed by atoms with Crippen LogP contribution in [0.5, 0.6) is 5.75 Å². The molecule has 0 aliphatic carbocycles. The monoisotopic (exact) mass is 639 g/mol. The number of thiazole rings is 1. The van der Waals surface area contributed by atoms with Gasteiger partial charge in [0.1, 0.15) is 5.75 Å². The number of ether oxygens (including phenoxy) is 2. The Hall–Kier alpha value is -4.40. The molecule has 0 unspecified atom stereocenters. The van der Waals surface area contributed by atoms with E-state index in [1.807, 2.05) is 73.7 Å². The average Bonchev–Trinajstić information content (AvgIpc) is 3.46. The molecule has 7 nitrogen and oxygen atoms in total. The van der Waals surface area contributed by atoms with Crippen molar-refractivity contribution in [3.8, 4) is 5.75 Å². The average molecular weight is 640 g/mol. The molecule has 230 valence electrons. The minimum Gasteiger partial charge on any atom is -0.494 e. The lowest BCUT2D eigenvalue weighted by Crippen LogP contribution is -2.40. The van der Waals surface area contributed by atoms with Crippen LogP contribution in [0.1, 0.15) is 56.1 Å². The maximum atomic E-state index is 14.3. The van der Waals surface area contributed by atoms with E-state index in [1.165, 1.54) is 11.3 Å². The topological polar surface area (TPSA) is 74.8 Å². The van der Waals surface area contributed by atoms with Gasteiger partial charge < -0.3 is 14.0 Å². The quantitative estimate of drug-likeness (QED) is 0.181. The molecule has 1 aliphatic rings. The van der Waals surface area contributed by atoms with E-state index in [-0.39, 0.29) is 11.7 Å². The smallest absolute Gasteiger partial charge is 0.338 e. The number of rotatable bonds is 8. The Bertz CT molecular complexity index is 2140. The summed E-state index contributed by atoms with van der Waals surface area (Å²) in [6, 6.07) is 22.8. The fourth-order valence-corrected chi connectivity index (χ4v) is 7.08. The van der Waals surface area contributed by atoms with Gasteiger partial charge in [-0.1, -0.05) is 71.5 Å². The summed E-state index contributed by atoms with van der Waals surface area (Å²) in [4.78, 5) is 33.1. The third kappa shape index (κ3) is 5.76. The highest BCUT2D eigenvalue weighted by molar-refractivity contribution is 7.07. The van der Waals surface area contributed by atoms with Crippen LogP contribution in [0.2, 0.25) is 5.02 Å². The van der Waals surface area contributed by atoms with Gasteiger partial charge in [0.25, 0.3) is 5.56 Å². The molecule has 45 heavy (non-hydrogen) atoms. The molecule has 1 atom stereocenters. The van der Waals surface area contributed by atoms with Gasteiger partial charge in [-0.05, 0) is 76.1 Å². The molecule has 0 saturated heterocycles. The molecule has 0 radical (unpaired) electrons. The van der Waals surface area contributed by atoms with Gasteiger partial charge >= 0.3 is 5.97 Å². The van der Waals surface area contributed by atoms with Crippen LogP contribution in [0.4, 0.5) is 0 Å². The van der Waals surface area contributed by atoms with Gasteiger partial charge in [-0.25, -0.2) is 9.79 Å². The highest BCUT2D eigenvalue weighted by Gasteiger charge is 2.34. The number of nitrogens with zero attached hydrogens (tertiary/aromatic N) is 3. The predicted molar refractivity (Wildman–Crippen MR) is 180 cm³/mol. The van der Waals surface area contributed by atoms with Gasteiger partial charge in [-0.3, -0.25) is 9.36 Å². The molecule has 1 aliphatic heterocycles. The molecule has 0 amide bonds. The second-order valence-electron chi connectivity index (χ2n) is 11.2. The van der Waals surface area contributed by atoms with Gasteiger partial charge in [-0.15, -0.1) is 0 Å². The van der Waals surface area contributed by atoms with Crippen molar-refractivity contribution in [3.63, 3.8) is 0 Å². The highest BCUT2D eigenvalue weighted by Crippen LogP contribution is 2.33. The second kappa shape index (κ2) is 12.5. The maximum absolute atomic E-state index is 14.3. The van der Waals surface area contributed by atoms with E-state index < -0.39 is 12.0 Å². The minimum absolute atomic E-state index is 0.220. The molecule has 0 fully saturated rings. The van der Waals surface area contributed by atoms with Crippen molar-refractivity contribution in [2.24, 2.45) is 4.99 Å². The van der Waals surface area contributed by atoms with Crippen LogP contribution in [0.15, 0.2) is 93.9 Å². The summed E-state index contributed by atoms with van der Waals surface area (Å²) in [5.41, 5.74) is 5.46. The zero-order valence-electron chi connectivity index (χ0n) is 25.8. The van der Waals surface area contributed by atoms with Crippen LogP contribution >= 0.6 is 22.9 Å². The lowest BCUT2D eigenvalue weighted by Gasteiger charge is -2.25. The SMILES string of the molecule is CCOc1ccc([C@H]2C(C(=O)OC(C)C)=C(C)N=c3s/c(=C/c4c(C)n(Cc5ccccc5Cl)c5ccccc45)c(=O)n32)cc1. The Balaban J connectivity index is 1.53. The summed E-state index contributed by atoms with van der Waals surface area (Å²) in [5.74, 6) is 0.224. The van der Waals surface area contributed by atoms with E-state index in [0.29, 0.717) is 44.5 Å². The molecule has 3 heterocycles. The Kier molecular flexibility index (Phi) is 8.53. The molecule has 5 aromatic rings. The number of benzene rings is 3. The fourth-order valence-electron chi connectivity index (χ4n) is 5.86. The Labute approximate surface area is 270 Å². The van der Waals surface area contributed by atoms with Crippen LogP contribution in [0, 0.1) is 6.92 Å². The summed E-state index contributed by atoms with van der Waals surface area (Å²) in [6.45, 7) is 10.5. The molecule has 0 N–H and O–H groups in total. The molecule has 3 aromatic carbocycles. The van der Waals surface area contributed by atoms with Crippen LogP contribution in [-0.4, -0.2) is 27.8 Å². The van der Waals surface area contributed by atoms with Gasteiger partial charge in [0.15, 0.2) is 4.80 Å². The van der Waals surface area contributed by atoms with Crippen molar-refractivity contribution in [2.45, 2.75) is 53.3 Å². The van der Waals surface area contributed by atoms with E-state index >= 15 is 0 Å². The number of halogens is 1. The third-order valence-electron chi connectivity index (χ3n) is 7.93. The lowest BCUT2D eigenvalue weighted by molar-refractivity contribution is -0.143. The van der Waals surface area contributed by atoms with Gasteiger partial charge in [0, 0.05) is 33.7 Å². The van der Waals surface area contributed by atoms with Crippen molar-refractivity contribution >= 4 is 45.9 Å². The Morgan fingerprint density at radius 3 is 2.47 bits per heavy atom. The summed E-state index contributed by atoms with van der Waals surface area (Å²) in [6.07, 6.45) is 1.63. The number of aromatic nitrogens is 2. The van der Waals surface area contributed by atoms with E-state index in [9.17, 15) is 9.59 Å². The van der Waals surface area contributed by atoms with Crippen molar-refractivity contribution in [2.75, 3.05) is 6.61 Å². The summed E-state index contributed by atoms with van der Waals surface area (Å²) < 4.78 is 15.7. The lowest BCUT2D eigenvalue weighted by atomic mass is 9.96. The van der Waals surface area contributed by atoms with Crippen molar-refractivity contribution in [1.29, 1.82) is 0 Å². The second-order valence-corrected chi connectivity index (χ2v) is 12.6. The number of carbonyl (C=O) groups excluding carboxylic acids is 1. The minimum atomic E-state index is -0.701. The van der Waals surface area contributed by atoms with Crippen molar-refractivity contribution < 1.29 is 14.3 Å². The summed E-state index contributed by atoms with van der Waals surface area (Å²) in [5, 5.41) is 1.74. The highest BCUT2D eigenvalue weighted by atomic mass is 35.5. The van der Waals surface area contributed by atoms with E-state index in [4.69, 9.17) is 26.1 Å². The van der Waals surface area contributed by atoms with Gasteiger partial charge in [-0.2, -0.15) is 0 Å². The van der Waals surface area contributed by atoms with Gasteiger partial charge in [0.05, 0.1) is 34.6 Å². The standard InChI is InChI=1S/C36H34ClN3O4S/c1-6-43-26-17-15-24(16-18-26)33-32(35(42)44-21(2)3)22(4)38-36-40(33)34(41)31(45-36)19-28-23(5)39(30-14-10-8-12-27(28)30)20-25-11-7-9-13-29(25)37/h7-19,21,33H,6,20H2,1-5H3/b31-19+/t33-/m0/s1. The van der Waals surface area contributed by atoms with Crippen LogP contribution in [-0.2, 0) is 16.1 Å². The third-order valence-corrected chi connectivity index (χ3v) is 9.28. The van der Waals surface area contributed by atoms with Crippen LogP contribution in [0.3, 0.4) is 0 Å². The zero-order chi connectivity index (χ0) is 31.8. The molecule has 0 saturated carbocycles. The summed E-state index contributed by atoms with van der Waals surface area (Å²) in [7, 11) is 0. The molecule has 0 bridgehead atoms. The van der Waals surface area contributed by atoms with Crippen molar-refractivity contribution in [1.82, 2.24) is 9.13 Å². The molecule has 0 spiro atoms. The first-order valence-corrected chi connectivity index (χ1v) is 16.1. The zero-order valence-corrected chi connectivity index (χ0v) is 27.4. The first-order valence-electron chi connectivity index (χ1n) is 15.0. The van der Waals surface area contributed by atoms with E-state index in [2.05, 4.69) is 23.6 Å². The van der Waals surface area contributed by atoms with E-state index in [1.54, 1.807) is 25.3 Å². The Morgan fingerprint density at radius 1 is 1.04 bits per heavy atom. The number of hydrogen-bond acceptors (Lipinski definition) is 6. The number of fused-ring (bicyclic) bond motifs is 2. The first-order chi connectivity index (χ1) is 21.7. The fraction of sp³-hybridized carbons (Fsp3) is 0.250. The maximum Gasteiger partial charge on any atom is 0.338 e. The first kappa shape index (κ1) is 30.6. The predicted octanol–water partition coefficient (Wildman–Crippen LogP) is 6.55. The molecule has 2 aromatic heterocycles. The number of allylic oxidation sites excluding steroid dienone is 1. The summed E-state index contributed by atoms with van der Waals surface area (Å²) >= 11 is 7.85. The number of esters is 1. The molecule has 9 heteroatoms. The number of hydrogen-bond donors (Lipinski definition) is 0. The van der Waals surface area contributed by atoms with Crippen LogP contribution < -0.4 is 19.6 Å². The largest absolute Gasteiger partial charge is 0.494 e. The van der Waals surface area contributed by atoms with Gasteiger partial charge in [0.2, 0.25) is 0 Å². The number of carbonyl (C=O) groups is 1. The molecule has 6 rings (SSSR count). The molecular weight excluding hydrogens is 606 g/mol.